The van der Waals surface area contributed by atoms with Crippen molar-refractivity contribution in [1.82, 2.24) is 9.97 Å². The minimum atomic E-state index is -1.63. The third kappa shape index (κ3) is 4.78. The number of ether oxygens (including phenoxy) is 1. The van der Waals surface area contributed by atoms with Gasteiger partial charge >= 0.3 is 5.97 Å². The van der Waals surface area contributed by atoms with E-state index in [1.54, 1.807) is 13.1 Å². The number of aryl methyl sites for hydroxylation is 1. The molecule has 0 aliphatic carbocycles. The molecule has 1 aromatic rings. The van der Waals surface area contributed by atoms with E-state index in [2.05, 4.69) is 14.7 Å². The first-order valence-electron chi connectivity index (χ1n) is 6.90. The van der Waals surface area contributed by atoms with E-state index in [9.17, 15) is 20.1 Å². The second kappa shape index (κ2) is 8.08. The Morgan fingerprint density at radius 2 is 2.05 bits per heavy atom. The zero-order valence-corrected chi connectivity index (χ0v) is 12.2. The number of aliphatic hydroxyl groups is 3. The van der Waals surface area contributed by atoms with Crippen LogP contribution >= 0.6 is 0 Å². The van der Waals surface area contributed by atoms with E-state index in [4.69, 9.17) is 5.73 Å². The van der Waals surface area contributed by atoms with Crippen molar-refractivity contribution >= 4 is 5.97 Å². The van der Waals surface area contributed by atoms with E-state index in [1.807, 2.05) is 6.92 Å². The van der Waals surface area contributed by atoms with E-state index in [1.165, 1.54) is 0 Å². The number of aliphatic hydroxyl groups excluding tert-OH is 3. The highest BCUT2D eigenvalue weighted by Crippen LogP contribution is 2.10. The number of carbonyl (C=O) groups excluding carboxylic acids is 1. The third-order valence-electron chi connectivity index (χ3n) is 3.12. The maximum atomic E-state index is 11.4. The molecule has 120 valence electrons. The lowest BCUT2D eigenvalue weighted by molar-refractivity contribution is -0.151. The summed E-state index contributed by atoms with van der Waals surface area (Å²) in [6, 6.07) is -1.42. The van der Waals surface area contributed by atoms with Crippen LogP contribution in [0.5, 0.6) is 0 Å². The van der Waals surface area contributed by atoms with Gasteiger partial charge < -0.3 is 30.8 Å². The topological polar surface area (TPSA) is 142 Å². The number of aromatic nitrogens is 2. The van der Waals surface area contributed by atoms with Gasteiger partial charge in [-0.15, -0.1) is 0 Å². The minimum absolute atomic E-state index is 0.00771. The molecule has 1 heterocycles. The number of aromatic amines is 1. The molecule has 0 radical (unpaired) electrons. The van der Waals surface area contributed by atoms with Crippen LogP contribution in [0, 0.1) is 0 Å². The summed E-state index contributed by atoms with van der Waals surface area (Å²) in [5, 5.41) is 29.6. The fourth-order valence-electron chi connectivity index (χ4n) is 1.83. The molecule has 6 N–H and O–H groups in total. The standard InChI is InChI=1S/C13H23N3O5/c1-3-7-6-15-9(16-7)5-8(17)11(18)12(19)10(14)13(20)21-4-2/h6,8,10-12,17-19H,3-5,14H2,1-2H3,(H,15,16). The van der Waals surface area contributed by atoms with E-state index >= 15 is 0 Å². The van der Waals surface area contributed by atoms with Crippen molar-refractivity contribution < 1.29 is 24.9 Å². The highest BCUT2D eigenvalue weighted by Gasteiger charge is 2.34. The molecular formula is C13H23N3O5. The molecule has 1 aromatic heterocycles. The molecule has 0 aromatic carbocycles. The zero-order valence-electron chi connectivity index (χ0n) is 12.2. The fraction of sp³-hybridized carbons (Fsp3) is 0.692. The summed E-state index contributed by atoms with van der Waals surface area (Å²) in [7, 11) is 0. The summed E-state index contributed by atoms with van der Waals surface area (Å²) in [5.74, 6) is -0.349. The van der Waals surface area contributed by atoms with Crippen molar-refractivity contribution in [2.45, 2.75) is 51.0 Å². The quantitative estimate of drug-likeness (QED) is 0.367. The van der Waals surface area contributed by atoms with Crippen LogP contribution in [0.2, 0.25) is 0 Å². The molecule has 0 aliphatic heterocycles. The first-order valence-corrected chi connectivity index (χ1v) is 6.90. The van der Waals surface area contributed by atoms with Crippen LogP contribution in [0.4, 0.5) is 0 Å². The van der Waals surface area contributed by atoms with Crippen LogP contribution in [0.3, 0.4) is 0 Å². The lowest BCUT2D eigenvalue weighted by atomic mass is 9.99. The molecule has 8 heteroatoms. The number of nitrogens with one attached hydrogen (secondary N) is 1. The number of hydrogen-bond donors (Lipinski definition) is 5. The molecule has 0 bridgehead atoms. The van der Waals surface area contributed by atoms with Crippen molar-refractivity contribution in [1.29, 1.82) is 0 Å². The maximum absolute atomic E-state index is 11.4. The molecular weight excluding hydrogens is 278 g/mol. The van der Waals surface area contributed by atoms with Gasteiger partial charge in [0.2, 0.25) is 0 Å². The van der Waals surface area contributed by atoms with Gasteiger partial charge in [-0.1, -0.05) is 6.92 Å². The lowest BCUT2D eigenvalue weighted by Crippen LogP contribution is -2.52. The number of nitrogens with two attached hydrogens (primary N) is 1. The van der Waals surface area contributed by atoms with Crippen molar-refractivity contribution in [2.24, 2.45) is 5.73 Å². The molecule has 21 heavy (non-hydrogen) atoms. The van der Waals surface area contributed by atoms with Crippen LogP contribution in [0.15, 0.2) is 6.20 Å². The molecule has 1 rings (SSSR count). The highest BCUT2D eigenvalue weighted by molar-refractivity contribution is 5.76. The summed E-state index contributed by atoms with van der Waals surface area (Å²) < 4.78 is 4.66. The molecule has 0 aliphatic rings. The first-order chi connectivity index (χ1) is 9.90. The van der Waals surface area contributed by atoms with Gasteiger partial charge in [0.1, 0.15) is 24.1 Å². The van der Waals surface area contributed by atoms with Crippen LogP contribution in [-0.4, -0.2) is 62.2 Å². The van der Waals surface area contributed by atoms with Crippen LogP contribution in [-0.2, 0) is 22.4 Å². The number of esters is 1. The van der Waals surface area contributed by atoms with Gasteiger partial charge in [0.15, 0.2) is 0 Å². The average molecular weight is 301 g/mol. The number of hydrogen-bond acceptors (Lipinski definition) is 7. The van der Waals surface area contributed by atoms with Crippen molar-refractivity contribution in [3.8, 4) is 0 Å². The third-order valence-corrected chi connectivity index (χ3v) is 3.12. The molecule has 0 fully saturated rings. The second-order valence-electron chi connectivity index (χ2n) is 4.72. The van der Waals surface area contributed by atoms with Gasteiger partial charge in [-0.3, -0.25) is 4.79 Å². The highest BCUT2D eigenvalue weighted by atomic mass is 16.5. The van der Waals surface area contributed by atoms with Gasteiger partial charge in [-0.05, 0) is 13.3 Å². The van der Waals surface area contributed by atoms with Crippen LogP contribution < -0.4 is 5.73 Å². The Morgan fingerprint density at radius 1 is 1.38 bits per heavy atom. The van der Waals surface area contributed by atoms with Crippen LogP contribution in [0.25, 0.3) is 0 Å². The van der Waals surface area contributed by atoms with Gasteiger partial charge in [-0.25, -0.2) is 4.98 Å². The summed E-state index contributed by atoms with van der Waals surface area (Å²) in [6.07, 6.45) is -2.07. The fourth-order valence-corrected chi connectivity index (χ4v) is 1.83. The molecule has 0 saturated heterocycles. The molecule has 4 atom stereocenters. The minimum Gasteiger partial charge on any atom is -0.465 e. The van der Waals surface area contributed by atoms with Gasteiger partial charge in [0.25, 0.3) is 0 Å². The first kappa shape index (κ1) is 17.6. The van der Waals surface area contributed by atoms with E-state index in [-0.39, 0.29) is 13.0 Å². The number of H-pyrrole nitrogens is 1. The number of imidazole rings is 1. The Kier molecular flexibility index (Phi) is 6.76. The Labute approximate surface area is 123 Å². The Hall–Kier alpha value is -1.48. The second-order valence-corrected chi connectivity index (χ2v) is 4.72. The summed E-state index contributed by atoms with van der Waals surface area (Å²) >= 11 is 0. The number of nitrogens with zero attached hydrogens (tertiary/aromatic N) is 1. The summed E-state index contributed by atoms with van der Waals surface area (Å²) in [5.41, 5.74) is 6.31. The molecule has 8 nitrogen and oxygen atoms in total. The van der Waals surface area contributed by atoms with Crippen molar-refractivity contribution in [3.63, 3.8) is 0 Å². The average Bonchev–Trinajstić information content (AvgIpc) is 2.92. The predicted octanol–water partition coefficient (Wildman–Crippen LogP) is -1.51. The SMILES string of the molecule is CCOC(=O)C(N)C(O)C(O)C(O)Cc1nc(CC)c[nH]1. The van der Waals surface area contributed by atoms with Gasteiger partial charge in [0, 0.05) is 12.6 Å². The Morgan fingerprint density at radius 3 is 2.57 bits per heavy atom. The van der Waals surface area contributed by atoms with E-state index < -0.39 is 30.3 Å². The molecule has 0 amide bonds. The zero-order chi connectivity index (χ0) is 16.0. The number of carbonyl (C=O) groups is 1. The smallest absolute Gasteiger partial charge is 0.325 e. The van der Waals surface area contributed by atoms with E-state index in [0.717, 1.165) is 12.1 Å². The van der Waals surface area contributed by atoms with Crippen molar-refractivity contribution in [3.05, 3.63) is 17.7 Å². The van der Waals surface area contributed by atoms with Gasteiger partial charge in [-0.2, -0.15) is 0 Å². The Balaban J connectivity index is 2.59. The maximum Gasteiger partial charge on any atom is 0.325 e. The predicted molar refractivity (Wildman–Crippen MR) is 74.3 cm³/mol. The monoisotopic (exact) mass is 301 g/mol. The summed E-state index contributed by atoms with van der Waals surface area (Å²) in [4.78, 5) is 18.4. The lowest BCUT2D eigenvalue weighted by Gasteiger charge is -2.25. The Bertz CT molecular complexity index is 451. The van der Waals surface area contributed by atoms with Gasteiger partial charge in [0.05, 0.1) is 18.4 Å². The largest absolute Gasteiger partial charge is 0.465 e. The number of rotatable bonds is 8. The molecule has 0 spiro atoms. The van der Waals surface area contributed by atoms with E-state index in [0.29, 0.717) is 5.82 Å². The summed E-state index contributed by atoms with van der Waals surface area (Å²) in [6.45, 7) is 3.65. The van der Waals surface area contributed by atoms with Crippen molar-refractivity contribution in [2.75, 3.05) is 6.61 Å². The molecule has 4 unspecified atom stereocenters. The van der Waals surface area contributed by atoms with Crippen LogP contribution in [0.1, 0.15) is 25.4 Å². The normalized spacial score (nSPS) is 17.0. The molecule has 0 saturated carbocycles.